The molecule has 3 rings (SSSR count). The third kappa shape index (κ3) is 11.9. The highest BCUT2D eigenvalue weighted by Crippen LogP contribution is 2.36. The van der Waals surface area contributed by atoms with Gasteiger partial charge in [-0.3, -0.25) is 19.6 Å². The van der Waals surface area contributed by atoms with Crippen molar-refractivity contribution in [2.45, 2.75) is 119 Å². The number of carbonyl (C=O) groups excluding carboxylic acids is 2. The molecule has 0 aliphatic rings. The third-order valence-corrected chi connectivity index (χ3v) is 7.63. The summed E-state index contributed by atoms with van der Waals surface area (Å²) in [7, 11) is 0. The number of hydrogen-bond acceptors (Lipinski definition) is 5. The van der Waals surface area contributed by atoms with Gasteiger partial charge in [-0.25, -0.2) is 0 Å². The molecule has 0 saturated carbocycles. The van der Waals surface area contributed by atoms with Crippen molar-refractivity contribution in [1.29, 1.82) is 0 Å². The number of aliphatic imine (C=N–C) groups is 2. The average Bonchev–Trinajstić information content (AvgIpc) is 2.99. The summed E-state index contributed by atoms with van der Waals surface area (Å²) in [6.07, 6.45) is 4.10. The second-order valence-electron chi connectivity index (χ2n) is 13.2. The van der Waals surface area contributed by atoms with Gasteiger partial charge in [0.25, 0.3) is 0 Å². The molecule has 5 nitrogen and oxygen atoms in total. The molecule has 45 heavy (non-hydrogen) atoms. The van der Waals surface area contributed by atoms with Crippen molar-refractivity contribution in [3.05, 3.63) is 88.0 Å². The first-order valence-corrected chi connectivity index (χ1v) is 16.3. The van der Waals surface area contributed by atoms with Gasteiger partial charge in [-0.2, -0.15) is 0 Å². The minimum Gasteiger partial charge on any atom is -0.398 e. The standard InChI is InChI=1S/C26H36N2.C12H19N.C2H2O2/c1-17(2)21-11-9-12-22(18(3)4)25(21)27-15-16-28-26-23(19(5)6)13-10-14-24(26)20(7)8;1-8(2)10-6-5-7-11(9(3)4)12(10)13;3-1-2-4/h9-20H,1-8H3;5-9H,13H2,1-4H3;1-2H. The molecule has 0 bridgehead atoms. The molecule has 0 atom stereocenters. The number of rotatable bonds is 10. The van der Waals surface area contributed by atoms with Crippen LogP contribution in [0.2, 0.25) is 0 Å². The van der Waals surface area contributed by atoms with Crippen molar-refractivity contribution in [2.24, 2.45) is 9.98 Å². The van der Waals surface area contributed by atoms with Crippen LogP contribution in [-0.2, 0) is 9.59 Å². The first-order valence-electron chi connectivity index (χ1n) is 16.3. The Balaban J connectivity index is 0.000000492. The van der Waals surface area contributed by atoms with E-state index in [1.165, 1.54) is 33.4 Å². The summed E-state index contributed by atoms with van der Waals surface area (Å²) < 4.78 is 0. The number of aldehydes is 2. The van der Waals surface area contributed by atoms with Gasteiger partial charge in [0.15, 0.2) is 12.6 Å². The zero-order valence-corrected chi connectivity index (χ0v) is 29.8. The Hall–Kier alpha value is -3.86. The van der Waals surface area contributed by atoms with Crippen molar-refractivity contribution in [2.75, 3.05) is 5.73 Å². The molecular formula is C40H57N3O2. The second kappa shape index (κ2) is 19.5. The van der Waals surface area contributed by atoms with E-state index in [-0.39, 0.29) is 12.6 Å². The van der Waals surface area contributed by atoms with Gasteiger partial charge in [-0.15, -0.1) is 0 Å². The summed E-state index contributed by atoms with van der Waals surface area (Å²) in [6.45, 7) is 26.5. The number of carbonyl (C=O) groups is 2. The summed E-state index contributed by atoms with van der Waals surface area (Å²) in [5, 5.41) is 0. The zero-order chi connectivity index (χ0) is 34.3. The quantitative estimate of drug-likeness (QED) is 0.107. The maximum Gasteiger partial charge on any atom is 0.182 e. The van der Waals surface area contributed by atoms with Crippen molar-refractivity contribution < 1.29 is 9.59 Å². The van der Waals surface area contributed by atoms with Gasteiger partial charge >= 0.3 is 0 Å². The predicted octanol–water partition coefficient (Wildman–Crippen LogP) is 11.2. The van der Waals surface area contributed by atoms with Crippen LogP contribution < -0.4 is 5.73 Å². The molecule has 244 valence electrons. The molecule has 3 aromatic carbocycles. The fourth-order valence-corrected chi connectivity index (χ4v) is 5.15. The SMILES string of the molecule is CC(C)c1cccc(C(C)C)c1N.CC(C)c1cccc(C(C)C)c1N=CC=Nc1c(C(C)C)cccc1C(C)C.O=CC=O. The van der Waals surface area contributed by atoms with Crippen LogP contribution in [0.25, 0.3) is 0 Å². The van der Waals surface area contributed by atoms with Crippen LogP contribution in [0.3, 0.4) is 0 Å². The largest absolute Gasteiger partial charge is 0.398 e. The van der Waals surface area contributed by atoms with E-state index in [4.69, 9.17) is 25.3 Å². The van der Waals surface area contributed by atoms with Gasteiger partial charge in [-0.1, -0.05) is 138 Å². The molecule has 0 aliphatic heterocycles. The predicted molar refractivity (Wildman–Crippen MR) is 197 cm³/mol. The number of nitrogens with two attached hydrogens (primary N) is 1. The number of anilines is 1. The number of benzene rings is 3. The third-order valence-electron chi connectivity index (χ3n) is 7.63. The van der Waals surface area contributed by atoms with Gasteiger partial charge < -0.3 is 5.73 Å². The fourth-order valence-electron chi connectivity index (χ4n) is 5.15. The monoisotopic (exact) mass is 611 g/mol. The lowest BCUT2D eigenvalue weighted by Gasteiger charge is -2.16. The summed E-state index contributed by atoms with van der Waals surface area (Å²) >= 11 is 0. The van der Waals surface area contributed by atoms with Crippen LogP contribution >= 0.6 is 0 Å². The lowest BCUT2D eigenvalue weighted by Crippen LogP contribution is -2.02. The average molecular weight is 612 g/mol. The van der Waals surface area contributed by atoms with E-state index in [9.17, 15) is 0 Å². The number of hydrogen-bond donors (Lipinski definition) is 1. The Labute approximate surface area is 273 Å². The van der Waals surface area contributed by atoms with E-state index in [2.05, 4.69) is 138 Å². The van der Waals surface area contributed by atoms with E-state index in [0.29, 0.717) is 35.5 Å². The fraction of sp³-hybridized carbons (Fsp3) is 0.450. The molecule has 5 heteroatoms. The highest BCUT2D eigenvalue weighted by Gasteiger charge is 2.14. The van der Waals surface area contributed by atoms with E-state index in [0.717, 1.165) is 17.1 Å². The molecule has 0 amide bonds. The molecule has 0 aromatic heterocycles. The first-order chi connectivity index (χ1) is 21.2. The van der Waals surface area contributed by atoms with Crippen LogP contribution in [0.4, 0.5) is 17.1 Å². The van der Waals surface area contributed by atoms with Crippen LogP contribution in [-0.4, -0.2) is 25.0 Å². The Morgan fingerprint density at radius 2 is 0.667 bits per heavy atom. The minimum atomic E-state index is 0.194. The summed E-state index contributed by atoms with van der Waals surface area (Å²) in [5.41, 5.74) is 17.0. The molecular weight excluding hydrogens is 554 g/mol. The normalized spacial score (nSPS) is 11.5. The molecule has 0 spiro atoms. The molecule has 2 N–H and O–H groups in total. The second-order valence-corrected chi connectivity index (χ2v) is 13.2. The molecule has 0 aliphatic carbocycles. The summed E-state index contributed by atoms with van der Waals surface area (Å²) in [6, 6.07) is 19.4. The Morgan fingerprint density at radius 1 is 0.444 bits per heavy atom. The molecule has 0 unspecified atom stereocenters. The Kier molecular flexibility index (Phi) is 17.0. The maximum atomic E-state index is 8.81. The molecule has 0 fully saturated rings. The summed E-state index contributed by atoms with van der Waals surface area (Å²) in [4.78, 5) is 27.3. The first kappa shape index (κ1) is 39.2. The van der Waals surface area contributed by atoms with Crippen LogP contribution in [0, 0.1) is 0 Å². The Morgan fingerprint density at radius 3 is 0.867 bits per heavy atom. The van der Waals surface area contributed by atoms with E-state index < -0.39 is 0 Å². The minimum absolute atomic E-state index is 0.194. The highest BCUT2D eigenvalue weighted by molar-refractivity contribution is 6.17. The van der Waals surface area contributed by atoms with Crippen LogP contribution in [0.15, 0.2) is 64.6 Å². The lowest BCUT2D eigenvalue weighted by molar-refractivity contribution is -0.122. The zero-order valence-electron chi connectivity index (χ0n) is 29.8. The van der Waals surface area contributed by atoms with Gasteiger partial charge in [0, 0.05) is 18.1 Å². The van der Waals surface area contributed by atoms with Crippen molar-refractivity contribution in [1.82, 2.24) is 0 Å². The summed E-state index contributed by atoms with van der Waals surface area (Å²) in [5.74, 6) is 2.79. The molecule has 0 saturated heterocycles. The van der Waals surface area contributed by atoms with Crippen molar-refractivity contribution in [3.8, 4) is 0 Å². The molecule has 0 radical (unpaired) electrons. The highest BCUT2D eigenvalue weighted by atomic mass is 16.2. The van der Waals surface area contributed by atoms with Gasteiger partial charge in [0.2, 0.25) is 0 Å². The number of nitrogens with zero attached hydrogens (tertiary/aromatic N) is 2. The van der Waals surface area contributed by atoms with Crippen molar-refractivity contribution in [3.63, 3.8) is 0 Å². The van der Waals surface area contributed by atoms with Gasteiger partial charge in [0.05, 0.1) is 11.4 Å². The van der Waals surface area contributed by atoms with Gasteiger partial charge in [-0.05, 0) is 68.9 Å². The lowest BCUT2D eigenvalue weighted by atomic mass is 9.93. The smallest absolute Gasteiger partial charge is 0.182 e. The number of nitrogen functional groups attached to an aromatic ring is 1. The Bertz CT molecular complexity index is 1260. The van der Waals surface area contributed by atoms with E-state index in [1.54, 1.807) is 0 Å². The van der Waals surface area contributed by atoms with Crippen molar-refractivity contribution >= 4 is 42.1 Å². The van der Waals surface area contributed by atoms with E-state index >= 15 is 0 Å². The van der Waals surface area contributed by atoms with E-state index in [1.807, 2.05) is 12.4 Å². The van der Waals surface area contributed by atoms with Crippen LogP contribution in [0.5, 0.6) is 0 Å². The number of para-hydroxylation sites is 3. The maximum absolute atomic E-state index is 8.81. The molecule has 0 heterocycles. The molecule has 3 aromatic rings. The van der Waals surface area contributed by atoms with Gasteiger partial charge in [0.1, 0.15) is 0 Å². The van der Waals surface area contributed by atoms with Crippen LogP contribution in [0.1, 0.15) is 152 Å². The topological polar surface area (TPSA) is 84.9 Å².